The maximum absolute atomic E-state index is 14.3. The van der Waals surface area contributed by atoms with Crippen LogP contribution < -0.4 is 10.6 Å². The van der Waals surface area contributed by atoms with Crippen LogP contribution in [-0.4, -0.2) is 47.0 Å². The predicted octanol–water partition coefficient (Wildman–Crippen LogP) is 6.33. The van der Waals surface area contributed by atoms with Gasteiger partial charge in [0.05, 0.1) is 10.6 Å². The van der Waals surface area contributed by atoms with Gasteiger partial charge in [0.25, 0.3) is 0 Å². The summed E-state index contributed by atoms with van der Waals surface area (Å²) in [6.45, 7) is 1.50. The van der Waals surface area contributed by atoms with E-state index in [-0.39, 0.29) is 33.5 Å². The number of hydrogen-bond acceptors (Lipinski definition) is 4. The van der Waals surface area contributed by atoms with Crippen molar-refractivity contribution < 1.29 is 36.6 Å². The minimum Gasteiger partial charge on any atom is -0.478 e. The zero-order chi connectivity index (χ0) is 29.7. The Bertz CT molecular complexity index is 1420. The Kier molecular flexibility index (Phi) is 10.2. The highest BCUT2D eigenvalue weighted by molar-refractivity contribution is 7.80. The molecule has 3 aromatic carbocycles. The SMILES string of the molecule is CN1CCC(C(=O)c2cccc(N(C(N)=S)c3c(F)c(F)c(F)c(F)c3F)c2)CC1.O=C(O)c1ccccc1Cl. The molecule has 13 heteroatoms. The van der Waals surface area contributed by atoms with Crippen LogP contribution in [-0.2, 0) is 0 Å². The molecule has 1 saturated heterocycles. The Labute approximate surface area is 236 Å². The third-order valence-corrected chi connectivity index (χ3v) is 6.73. The number of halogens is 6. The Morgan fingerprint density at radius 1 is 0.950 bits per heavy atom. The maximum atomic E-state index is 14.3. The number of carboxylic acid groups (broad SMARTS) is 1. The summed E-state index contributed by atoms with van der Waals surface area (Å²) in [5, 5.41) is 8.10. The highest BCUT2D eigenvalue weighted by atomic mass is 35.5. The Hall–Kier alpha value is -3.61. The number of aromatic carboxylic acids is 1. The molecule has 3 aromatic rings. The Morgan fingerprint density at radius 3 is 2.00 bits per heavy atom. The number of piperidine rings is 1. The van der Waals surface area contributed by atoms with E-state index in [1.54, 1.807) is 18.2 Å². The molecule has 4 rings (SSSR count). The molecule has 0 radical (unpaired) electrons. The van der Waals surface area contributed by atoms with E-state index in [1.165, 1.54) is 30.3 Å². The minimum atomic E-state index is -2.29. The number of rotatable bonds is 5. The van der Waals surface area contributed by atoms with E-state index in [2.05, 4.69) is 4.90 Å². The molecular weight excluding hydrogens is 577 g/mol. The zero-order valence-corrected chi connectivity index (χ0v) is 22.5. The quantitative estimate of drug-likeness (QED) is 0.117. The Morgan fingerprint density at radius 2 is 1.50 bits per heavy atom. The van der Waals surface area contributed by atoms with Crippen LogP contribution in [0.3, 0.4) is 0 Å². The van der Waals surface area contributed by atoms with Gasteiger partial charge in [-0.3, -0.25) is 9.69 Å². The molecule has 0 saturated carbocycles. The number of Topliss-reactive ketones (excluding diaryl/α,β-unsaturated/α-hetero) is 1. The lowest BCUT2D eigenvalue weighted by molar-refractivity contribution is 0.0696. The summed E-state index contributed by atoms with van der Waals surface area (Å²) in [4.78, 5) is 25.8. The summed E-state index contributed by atoms with van der Waals surface area (Å²) >= 11 is 10.3. The lowest BCUT2D eigenvalue weighted by Gasteiger charge is -2.28. The first-order valence-electron chi connectivity index (χ1n) is 11.8. The van der Waals surface area contributed by atoms with Crippen LogP contribution in [0, 0.1) is 35.0 Å². The van der Waals surface area contributed by atoms with Gasteiger partial charge in [-0.1, -0.05) is 35.9 Å². The van der Waals surface area contributed by atoms with Crippen LogP contribution in [0.5, 0.6) is 0 Å². The fourth-order valence-electron chi connectivity index (χ4n) is 4.10. The van der Waals surface area contributed by atoms with Gasteiger partial charge in [0.1, 0.15) is 5.69 Å². The third kappa shape index (κ3) is 6.75. The van der Waals surface area contributed by atoms with Crippen LogP contribution in [0.4, 0.5) is 33.3 Å². The standard InChI is InChI=1S/C20H18F5N3OS.C7H5ClO2/c1-27-7-5-10(6-8-27)19(29)11-3-2-4-12(9-11)28(20(26)30)18-16(24)14(22)13(21)15(23)17(18)25;8-6-4-2-1-3-5(6)7(9)10/h2-4,9-10H,5-8H2,1H3,(H2,26,30);1-4H,(H,9,10). The van der Waals surface area contributed by atoms with Gasteiger partial charge in [0.2, 0.25) is 5.82 Å². The molecular formula is C27H23ClF5N3O3S. The number of hydrogen-bond donors (Lipinski definition) is 2. The topological polar surface area (TPSA) is 86.9 Å². The number of anilines is 2. The van der Waals surface area contributed by atoms with Gasteiger partial charge in [-0.15, -0.1) is 0 Å². The van der Waals surface area contributed by atoms with E-state index in [4.69, 9.17) is 34.7 Å². The monoisotopic (exact) mass is 599 g/mol. The lowest BCUT2D eigenvalue weighted by Crippen LogP contribution is -2.34. The average Bonchev–Trinajstić information content (AvgIpc) is 2.93. The first-order valence-corrected chi connectivity index (χ1v) is 12.5. The fraction of sp³-hybridized carbons (Fsp3) is 0.222. The molecule has 6 nitrogen and oxygen atoms in total. The number of nitrogens with zero attached hydrogens (tertiary/aromatic N) is 2. The van der Waals surface area contributed by atoms with E-state index < -0.39 is 45.9 Å². The number of carbonyl (C=O) groups excluding carboxylic acids is 1. The van der Waals surface area contributed by atoms with Gasteiger partial charge in [0, 0.05) is 17.2 Å². The van der Waals surface area contributed by atoms with Gasteiger partial charge in [-0.05, 0) is 69.5 Å². The van der Waals surface area contributed by atoms with Gasteiger partial charge >= 0.3 is 5.97 Å². The van der Waals surface area contributed by atoms with Crippen molar-refractivity contribution in [2.75, 3.05) is 25.0 Å². The Balaban J connectivity index is 0.000000371. The first kappa shape index (κ1) is 30.9. The van der Waals surface area contributed by atoms with Gasteiger partial charge in [-0.25, -0.2) is 26.7 Å². The molecule has 1 aliphatic rings. The second-order valence-electron chi connectivity index (χ2n) is 8.87. The summed E-state index contributed by atoms with van der Waals surface area (Å²) in [7, 11) is 1.95. The number of ketones is 1. The molecule has 0 amide bonds. The van der Waals surface area contributed by atoms with Gasteiger partial charge in [-0.2, -0.15) is 0 Å². The van der Waals surface area contributed by atoms with E-state index in [1.807, 2.05) is 7.05 Å². The van der Waals surface area contributed by atoms with E-state index in [0.717, 1.165) is 13.1 Å². The largest absolute Gasteiger partial charge is 0.478 e. The van der Waals surface area contributed by atoms with Crippen LogP contribution in [0.15, 0.2) is 48.5 Å². The second-order valence-corrected chi connectivity index (χ2v) is 9.69. The molecule has 0 aromatic heterocycles. The number of carbonyl (C=O) groups is 2. The molecule has 0 aliphatic carbocycles. The highest BCUT2D eigenvalue weighted by Crippen LogP contribution is 2.35. The van der Waals surface area contributed by atoms with Crippen molar-refractivity contribution in [1.29, 1.82) is 0 Å². The molecule has 1 heterocycles. The number of thiocarbonyl (C=S) groups is 1. The van der Waals surface area contributed by atoms with E-state index >= 15 is 0 Å². The number of likely N-dealkylation sites (tertiary alicyclic amines) is 1. The zero-order valence-electron chi connectivity index (χ0n) is 20.9. The molecule has 0 bridgehead atoms. The van der Waals surface area contributed by atoms with E-state index in [9.17, 15) is 31.5 Å². The van der Waals surface area contributed by atoms with Gasteiger partial charge < -0.3 is 15.7 Å². The third-order valence-electron chi connectivity index (χ3n) is 6.21. The summed E-state index contributed by atoms with van der Waals surface area (Å²) < 4.78 is 69.5. The van der Waals surface area contributed by atoms with E-state index in [0.29, 0.717) is 17.7 Å². The first-order chi connectivity index (χ1) is 18.8. The molecule has 1 aliphatic heterocycles. The minimum absolute atomic E-state index is 0.0931. The molecule has 3 N–H and O–H groups in total. The molecule has 0 spiro atoms. The van der Waals surface area contributed by atoms with Crippen LogP contribution in [0.2, 0.25) is 5.02 Å². The second kappa shape index (κ2) is 13.2. The van der Waals surface area contributed by atoms with Crippen molar-refractivity contribution in [2.45, 2.75) is 12.8 Å². The fourth-order valence-corrected chi connectivity index (χ4v) is 4.51. The predicted molar refractivity (Wildman–Crippen MR) is 145 cm³/mol. The summed E-state index contributed by atoms with van der Waals surface area (Å²) in [5.41, 5.74) is 4.53. The van der Waals surface area contributed by atoms with Gasteiger partial charge in [0.15, 0.2) is 34.2 Å². The number of nitrogens with two attached hydrogens (primary N) is 1. The van der Waals surface area contributed by atoms with Crippen LogP contribution >= 0.6 is 23.8 Å². The smallest absolute Gasteiger partial charge is 0.337 e. The average molecular weight is 600 g/mol. The molecule has 40 heavy (non-hydrogen) atoms. The summed E-state index contributed by atoms with van der Waals surface area (Å²) in [6, 6.07) is 11.9. The lowest BCUT2D eigenvalue weighted by atomic mass is 9.89. The van der Waals surface area contributed by atoms with Crippen molar-refractivity contribution in [1.82, 2.24) is 4.90 Å². The molecule has 1 fully saturated rings. The van der Waals surface area contributed by atoms with Crippen LogP contribution in [0.25, 0.3) is 0 Å². The summed E-state index contributed by atoms with van der Waals surface area (Å²) in [6.07, 6.45) is 1.30. The molecule has 0 unspecified atom stereocenters. The van der Waals surface area contributed by atoms with Crippen molar-refractivity contribution >= 4 is 52.1 Å². The van der Waals surface area contributed by atoms with Crippen molar-refractivity contribution in [3.63, 3.8) is 0 Å². The summed E-state index contributed by atoms with van der Waals surface area (Å²) in [5.74, 6) is -12.1. The maximum Gasteiger partial charge on any atom is 0.337 e. The van der Waals surface area contributed by atoms with Crippen LogP contribution in [0.1, 0.15) is 33.6 Å². The van der Waals surface area contributed by atoms with Crippen molar-refractivity contribution in [3.05, 3.63) is 93.8 Å². The highest BCUT2D eigenvalue weighted by Gasteiger charge is 2.32. The number of carboxylic acids is 1. The molecule has 212 valence electrons. The van der Waals surface area contributed by atoms with Crippen molar-refractivity contribution in [2.24, 2.45) is 11.7 Å². The number of benzene rings is 3. The normalized spacial score (nSPS) is 13.8. The van der Waals surface area contributed by atoms with Crippen molar-refractivity contribution in [3.8, 4) is 0 Å². The molecule has 0 atom stereocenters.